The highest BCUT2D eigenvalue weighted by Crippen LogP contribution is 2.38. The van der Waals surface area contributed by atoms with Crippen molar-refractivity contribution in [2.45, 2.75) is 18.9 Å². The zero-order valence-electron chi connectivity index (χ0n) is 15.8. The van der Waals surface area contributed by atoms with Crippen molar-refractivity contribution in [3.8, 4) is 11.4 Å². The summed E-state index contributed by atoms with van der Waals surface area (Å²) < 4.78 is 7.68. The Morgan fingerprint density at radius 1 is 1.07 bits per heavy atom. The molecule has 0 atom stereocenters. The van der Waals surface area contributed by atoms with Gasteiger partial charge in [-0.15, -0.1) is 10.2 Å². The number of benzene rings is 1. The number of pyridine rings is 1. The Morgan fingerprint density at radius 3 is 2.90 bits per heavy atom. The average Bonchev–Trinajstić information content (AvgIpc) is 3.31. The zero-order chi connectivity index (χ0) is 19.2. The molecule has 0 spiro atoms. The molecule has 0 radical (unpaired) electrons. The number of hydrogen-bond donors (Lipinski definition) is 0. The first-order valence-corrected chi connectivity index (χ1v) is 9.84. The van der Waals surface area contributed by atoms with E-state index in [1.807, 2.05) is 24.7 Å². The summed E-state index contributed by atoms with van der Waals surface area (Å²) in [5.41, 5.74) is 6.14. The molecule has 6 heteroatoms. The number of furan rings is 1. The summed E-state index contributed by atoms with van der Waals surface area (Å²) in [6.45, 7) is 0.792. The van der Waals surface area contributed by atoms with Crippen molar-refractivity contribution in [1.82, 2.24) is 19.7 Å². The van der Waals surface area contributed by atoms with Gasteiger partial charge in [0.05, 0.1) is 6.26 Å². The van der Waals surface area contributed by atoms with E-state index >= 15 is 0 Å². The highest BCUT2D eigenvalue weighted by molar-refractivity contribution is 5.82. The molecule has 0 saturated heterocycles. The normalized spacial score (nSPS) is 16.4. The van der Waals surface area contributed by atoms with E-state index in [9.17, 15) is 0 Å². The third-order valence-corrected chi connectivity index (χ3v) is 5.53. The lowest BCUT2D eigenvalue weighted by atomic mass is 10.0. The Hall–Kier alpha value is -3.67. The van der Waals surface area contributed by atoms with Gasteiger partial charge in [0.25, 0.3) is 0 Å². The molecule has 1 aliphatic carbocycles. The van der Waals surface area contributed by atoms with Crippen molar-refractivity contribution in [3.63, 3.8) is 0 Å². The Balaban J connectivity index is 1.26. The predicted molar refractivity (Wildman–Crippen MR) is 112 cm³/mol. The fourth-order valence-corrected chi connectivity index (χ4v) is 3.80. The van der Waals surface area contributed by atoms with Gasteiger partial charge in [0.2, 0.25) is 0 Å². The molecule has 0 bridgehead atoms. The molecule has 3 aromatic heterocycles. The summed E-state index contributed by atoms with van der Waals surface area (Å²) in [7, 11) is 0. The molecular formula is C23H19N5O. The lowest BCUT2D eigenvalue weighted by Crippen LogP contribution is -2.18. The SMILES string of the molecule is C1=CN(c2cccc(-c3nncn3C3CC3)c2)CC=C1c1cnc2ccoc2c1. The Kier molecular flexibility index (Phi) is 3.62. The summed E-state index contributed by atoms with van der Waals surface area (Å²) in [4.78, 5) is 6.69. The number of nitrogens with zero attached hydrogens (tertiary/aromatic N) is 5. The van der Waals surface area contributed by atoms with Crippen LogP contribution in [-0.2, 0) is 0 Å². The van der Waals surface area contributed by atoms with E-state index in [4.69, 9.17) is 4.42 Å². The molecule has 4 aromatic rings. The maximum absolute atomic E-state index is 5.48. The van der Waals surface area contributed by atoms with E-state index in [1.165, 1.54) is 12.8 Å². The molecule has 4 heterocycles. The highest BCUT2D eigenvalue weighted by Gasteiger charge is 2.26. The monoisotopic (exact) mass is 381 g/mol. The Bertz CT molecular complexity index is 1260. The van der Waals surface area contributed by atoms with Crippen molar-refractivity contribution in [2.75, 3.05) is 11.4 Å². The van der Waals surface area contributed by atoms with Gasteiger partial charge in [0.15, 0.2) is 11.4 Å². The summed E-state index contributed by atoms with van der Waals surface area (Å²) in [5.74, 6) is 0.949. The van der Waals surface area contributed by atoms with E-state index in [0.717, 1.165) is 45.9 Å². The van der Waals surface area contributed by atoms with Crippen molar-refractivity contribution in [2.24, 2.45) is 0 Å². The molecule has 6 rings (SSSR count). The van der Waals surface area contributed by atoms with E-state index in [1.54, 1.807) is 6.26 Å². The fourth-order valence-electron chi connectivity index (χ4n) is 3.80. The predicted octanol–water partition coefficient (Wildman–Crippen LogP) is 4.84. The van der Waals surface area contributed by atoms with E-state index in [2.05, 4.69) is 67.3 Å². The number of aromatic nitrogens is 4. The van der Waals surface area contributed by atoms with E-state index < -0.39 is 0 Å². The molecule has 1 fully saturated rings. The summed E-state index contributed by atoms with van der Waals surface area (Å²) in [5, 5.41) is 8.48. The number of fused-ring (bicyclic) bond motifs is 1. The van der Waals surface area contributed by atoms with Crippen LogP contribution in [-0.4, -0.2) is 26.3 Å². The standard InChI is InChI=1S/C23H19N5O/c1-2-17(23-26-25-15-28(23)19-4-5-19)12-20(3-1)27-9-6-16(7-10-27)18-13-22-21(24-14-18)8-11-29-22/h1-3,6-9,11-15,19H,4-5,10H2. The molecule has 1 aromatic carbocycles. The molecule has 2 aliphatic rings. The topological polar surface area (TPSA) is 60.0 Å². The molecule has 0 N–H and O–H groups in total. The maximum atomic E-state index is 5.48. The van der Waals surface area contributed by atoms with Crippen molar-refractivity contribution in [1.29, 1.82) is 0 Å². The van der Waals surface area contributed by atoms with Crippen LogP contribution in [0.1, 0.15) is 24.4 Å². The minimum absolute atomic E-state index is 0.559. The average molecular weight is 381 g/mol. The quantitative estimate of drug-likeness (QED) is 0.506. The minimum atomic E-state index is 0.559. The third-order valence-electron chi connectivity index (χ3n) is 5.53. The van der Waals surface area contributed by atoms with Gasteiger partial charge in [-0.2, -0.15) is 0 Å². The minimum Gasteiger partial charge on any atom is -0.463 e. The van der Waals surface area contributed by atoms with Crippen LogP contribution in [0.2, 0.25) is 0 Å². The Labute approximate surface area is 167 Å². The molecule has 142 valence electrons. The van der Waals surface area contributed by atoms with Crippen LogP contribution in [0.25, 0.3) is 28.1 Å². The maximum Gasteiger partial charge on any atom is 0.164 e. The van der Waals surface area contributed by atoms with Crippen molar-refractivity contribution >= 4 is 22.4 Å². The van der Waals surface area contributed by atoms with Crippen LogP contribution in [0.15, 0.2) is 78.0 Å². The first-order valence-electron chi connectivity index (χ1n) is 9.84. The van der Waals surface area contributed by atoms with Gasteiger partial charge in [-0.3, -0.25) is 4.98 Å². The lowest BCUT2D eigenvalue weighted by Gasteiger charge is -2.23. The van der Waals surface area contributed by atoms with Crippen molar-refractivity contribution in [3.05, 3.63) is 79.1 Å². The van der Waals surface area contributed by atoms with Gasteiger partial charge < -0.3 is 13.9 Å². The first kappa shape index (κ1) is 16.3. The van der Waals surface area contributed by atoms with Crippen LogP contribution in [0.4, 0.5) is 5.69 Å². The molecule has 0 amide bonds. The van der Waals surface area contributed by atoms with Gasteiger partial charge in [-0.05, 0) is 42.7 Å². The molecule has 29 heavy (non-hydrogen) atoms. The van der Waals surface area contributed by atoms with Gasteiger partial charge in [-0.1, -0.05) is 18.2 Å². The van der Waals surface area contributed by atoms with E-state index in [0.29, 0.717) is 6.04 Å². The number of allylic oxidation sites excluding steroid dienone is 2. The highest BCUT2D eigenvalue weighted by atomic mass is 16.3. The van der Waals surface area contributed by atoms with Crippen LogP contribution >= 0.6 is 0 Å². The van der Waals surface area contributed by atoms with E-state index in [-0.39, 0.29) is 0 Å². The van der Waals surface area contributed by atoms with Crippen LogP contribution in [0, 0.1) is 0 Å². The third kappa shape index (κ3) is 2.93. The second-order valence-electron chi connectivity index (χ2n) is 7.50. The van der Waals surface area contributed by atoms with Crippen molar-refractivity contribution < 1.29 is 4.42 Å². The van der Waals surface area contributed by atoms with Crippen LogP contribution in [0.5, 0.6) is 0 Å². The van der Waals surface area contributed by atoms with Crippen LogP contribution < -0.4 is 4.90 Å². The summed E-state index contributed by atoms with van der Waals surface area (Å²) >= 11 is 0. The number of rotatable bonds is 4. The second kappa shape index (κ2) is 6.44. The molecule has 6 nitrogen and oxygen atoms in total. The molecule has 0 unspecified atom stereocenters. The smallest absolute Gasteiger partial charge is 0.164 e. The first-order chi connectivity index (χ1) is 14.3. The second-order valence-corrected chi connectivity index (χ2v) is 7.50. The zero-order valence-corrected chi connectivity index (χ0v) is 15.8. The van der Waals surface area contributed by atoms with Gasteiger partial charge in [-0.25, -0.2) is 0 Å². The molecule has 1 aliphatic heterocycles. The fraction of sp³-hybridized carbons (Fsp3) is 0.174. The van der Waals surface area contributed by atoms with Crippen LogP contribution in [0.3, 0.4) is 0 Å². The summed E-state index contributed by atoms with van der Waals surface area (Å²) in [6, 6.07) is 13.0. The number of anilines is 1. The van der Waals surface area contributed by atoms with Gasteiger partial charge in [0, 0.05) is 47.9 Å². The van der Waals surface area contributed by atoms with Gasteiger partial charge in [0.1, 0.15) is 11.8 Å². The molecule has 1 saturated carbocycles. The summed E-state index contributed by atoms with van der Waals surface area (Å²) in [6.07, 6.45) is 14.3. The largest absolute Gasteiger partial charge is 0.463 e. The number of hydrogen-bond acceptors (Lipinski definition) is 5. The Morgan fingerprint density at radius 2 is 2.03 bits per heavy atom. The van der Waals surface area contributed by atoms with Gasteiger partial charge >= 0.3 is 0 Å². The lowest BCUT2D eigenvalue weighted by molar-refractivity contribution is 0.615. The molecular weight excluding hydrogens is 362 g/mol.